The Morgan fingerprint density at radius 3 is 2.60 bits per heavy atom. The van der Waals surface area contributed by atoms with E-state index in [-0.39, 0.29) is 11.5 Å². The van der Waals surface area contributed by atoms with Gasteiger partial charge in [-0.25, -0.2) is 0 Å². The minimum Gasteiger partial charge on any atom is -0.504 e. The average molecular weight is 211 g/mol. The Morgan fingerprint density at radius 2 is 2.00 bits per heavy atom. The predicted octanol–water partition coefficient (Wildman–Crippen LogP) is 1.39. The zero-order chi connectivity index (χ0) is 11.3. The lowest BCUT2D eigenvalue weighted by molar-refractivity contribution is 0.350. The second kappa shape index (κ2) is 5.46. The molecule has 15 heavy (non-hydrogen) atoms. The smallest absolute Gasteiger partial charge is 0.200 e. The summed E-state index contributed by atoms with van der Waals surface area (Å²) in [5, 5.41) is 18.8. The van der Waals surface area contributed by atoms with Crippen molar-refractivity contribution in [1.82, 2.24) is 0 Å². The van der Waals surface area contributed by atoms with Crippen LogP contribution in [-0.4, -0.2) is 23.9 Å². The van der Waals surface area contributed by atoms with Crippen LogP contribution in [-0.2, 0) is 6.42 Å². The number of phenols is 2. The predicted molar refractivity (Wildman–Crippen MR) is 58.3 cm³/mol. The summed E-state index contributed by atoms with van der Waals surface area (Å²) in [6.07, 6.45) is 2.73. The van der Waals surface area contributed by atoms with Gasteiger partial charge < -0.3 is 20.7 Å². The van der Waals surface area contributed by atoms with Crippen molar-refractivity contribution >= 4 is 0 Å². The van der Waals surface area contributed by atoms with Gasteiger partial charge in [0.15, 0.2) is 11.5 Å². The van der Waals surface area contributed by atoms with Gasteiger partial charge in [0.05, 0.1) is 7.11 Å². The number of nitrogens with two attached hydrogens (primary N) is 1. The van der Waals surface area contributed by atoms with Gasteiger partial charge >= 0.3 is 0 Å². The fourth-order valence-electron chi connectivity index (χ4n) is 1.42. The van der Waals surface area contributed by atoms with E-state index in [1.54, 1.807) is 12.1 Å². The number of aryl methyl sites for hydroxylation is 1. The standard InChI is InChI=1S/C11H17NO3/c1-15-10-7-8(4-2-3-5-12)6-9(13)11(10)14/h6-7,13-14H,2-5,12H2,1H3. The molecule has 1 aromatic rings. The lowest BCUT2D eigenvalue weighted by Crippen LogP contribution is -1.99. The van der Waals surface area contributed by atoms with E-state index in [1.807, 2.05) is 0 Å². The monoisotopic (exact) mass is 211 g/mol. The molecule has 1 rings (SSSR count). The second-order valence-electron chi connectivity index (χ2n) is 3.41. The van der Waals surface area contributed by atoms with Crippen molar-refractivity contribution in [3.8, 4) is 17.2 Å². The number of ether oxygens (including phenoxy) is 1. The van der Waals surface area contributed by atoms with Crippen LogP contribution >= 0.6 is 0 Å². The summed E-state index contributed by atoms with van der Waals surface area (Å²) in [5.41, 5.74) is 6.33. The van der Waals surface area contributed by atoms with Crippen LogP contribution < -0.4 is 10.5 Å². The SMILES string of the molecule is COc1cc(CCCCN)cc(O)c1O. The molecule has 0 aliphatic heterocycles. The van der Waals surface area contributed by atoms with Gasteiger partial charge in [0.25, 0.3) is 0 Å². The van der Waals surface area contributed by atoms with Gasteiger partial charge in [-0.15, -0.1) is 0 Å². The van der Waals surface area contributed by atoms with Crippen LogP contribution in [0.15, 0.2) is 12.1 Å². The molecule has 0 amide bonds. The first-order valence-electron chi connectivity index (χ1n) is 4.98. The first kappa shape index (κ1) is 11.7. The summed E-state index contributed by atoms with van der Waals surface area (Å²) in [6, 6.07) is 3.28. The van der Waals surface area contributed by atoms with Crippen molar-refractivity contribution in [3.05, 3.63) is 17.7 Å². The summed E-state index contributed by atoms with van der Waals surface area (Å²) in [5.74, 6) is -0.0464. The highest BCUT2D eigenvalue weighted by Crippen LogP contribution is 2.36. The molecule has 0 saturated carbocycles. The molecule has 0 fully saturated rings. The molecule has 0 unspecified atom stereocenters. The Morgan fingerprint density at radius 1 is 1.27 bits per heavy atom. The van der Waals surface area contributed by atoms with Crippen LogP contribution in [0.2, 0.25) is 0 Å². The quantitative estimate of drug-likeness (QED) is 0.508. The normalized spacial score (nSPS) is 10.3. The highest BCUT2D eigenvalue weighted by atomic mass is 16.5. The molecule has 4 nitrogen and oxygen atoms in total. The maximum absolute atomic E-state index is 9.41. The number of hydrogen-bond donors (Lipinski definition) is 3. The zero-order valence-electron chi connectivity index (χ0n) is 8.86. The van der Waals surface area contributed by atoms with E-state index in [0.29, 0.717) is 12.3 Å². The average Bonchev–Trinajstić information content (AvgIpc) is 2.23. The first-order chi connectivity index (χ1) is 7.19. The van der Waals surface area contributed by atoms with Crippen molar-refractivity contribution in [3.63, 3.8) is 0 Å². The van der Waals surface area contributed by atoms with E-state index in [0.717, 1.165) is 24.8 Å². The molecule has 0 spiro atoms. The van der Waals surface area contributed by atoms with Crippen LogP contribution in [0.25, 0.3) is 0 Å². The maximum atomic E-state index is 9.41. The first-order valence-corrected chi connectivity index (χ1v) is 4.98. The third-order valence-corrected chi connectivity index (χ3v) is 2.25. The molecule has 84 valence electrons. The van der Waals surface area contributed by atoms with E-state index < -0.39 is 0 Å². The van der Waals surface area contributed by atoms with Crippen molar-refractivity contribution in [2.75, 3.05) is 13.7 Å². The molecule has 0 saturated heterocycles. The van der Waals surface area contributed by atoms with Gasteiger partial charge in [-0.2, -0.15) is 0 Å². The van der Waals surface area contributed by atoms with Gasteiger partial charge in [-0.05, 0) is 43.5 Å². The number of benzene rings is 1. The van der Waals surface area contributed by atoms with E-state index >= 15 is 0 Å². The summed E-state index contributed by atoms with van der Waals surface area (Å²) in [6.45, 7) is 0.668. The van der Waals surface area contributed by atoms with Crippen LogP contribution in [0.1, 0.15) is 18.4 Å². The topological polar surface area (TPSA) is 75.7 Å². The van der Waals surface area contributed by atoms with Gasteiger partial charge in [0, 0.05) is 0 Å². The van der Waals surface area contributed by atoms with E-state index in [2.05, 4.69) is 0 Å². The van der Waals surface area contributed by atoms with Crippen molar-refractivity contribution in [1.29, 1.82) is 0 Å². The molecule has 0 atom stereocenters. The van der Waals surface area contributed by atoms with Gasteiger partial charge in [-0.3, -0.25) is 0 Å². The molecule has 4 heteroatoms. The molecule has 0 radical (unpaired) electrons. The fraction of sp³-hybridized carbons (Fsp3) is 0.455. The number of phenolic OH excluding ortho intramolecular Hbond substituents is 2. The molecule has 0 aliphatic carbocycles. The minimum absolute atomic E-state index is 0.142. The van der Waals surface area contributed by atoms with Crippen LogP contribution in [0.5, 0.6) is 17.2 Å². The van der Waals surface area contributed by atoms with Gasteiger partial charge in [0.2, 0.25) is 5.75 Å². The lowest BCUT2D eigenvalue weighted by atomic mass is 10.1. The number of rotatable bonds is 5. The molecule has 4 N–H and O–H groups in total. The molecular formula is C11H17NO3. The van der Waals surface area contributed by atoms with Crippen molar-refractivity contribution in [2.45, 2.75) is 19.3 Å². The largest absolute Gasteiger partial charge is 0.504 e. The van der Waals surface area contributed by atoms with Crippen LogP contribution in [0, 0.1) is 0 Å². The fourth-order valence-corrected chi connectivity index (χ4v) is 1.42. The molecule has 0 aromatic heterocycles. The molecule has 1 aromatic carbocycles. The minimum atomic E-state index is -0.208. The van der Waals surface area contributed by atoms with Crippen LogP contribution in [0.4, 0.5) is 0 Å². The molecule has 0 aliphatic rings. The third kappa shape index (κ3) is 3.02. The Kier molecular flexibility index (Phi) is 4.24. The Balaban J connectivity index is 2.77. The van der Waals surface area contributed by atoms with Gasteiger partial charge in [-0.1, -0.05) is 0 Å². The Hall–Kier alpha value is -1.42. The molecule has 0 bridgehead atoms. The Bertz CT molecular complexity index is 326. The number of unbranched alkanes of at least 4 members (excludes halogenated alkanes) is 1. The maximum Gasteiger partial charge on any atom is 0.200 e. The highest BCUT2D eigenvalue weighted by molar-refractivity contribution is 5.51. The summed E-state index contributed by atoms with van der Waals surface area (Å²) in [4.78, 5) is 0. The summed E-state index contributed by atoms with van der Waals surface area (Å²) < 4.78 is 4.94. The van der Waals surface area contributed by atoms with Gasteiger partial charge in [0.1, 0.15) is 0 Å². The van der Waals surface area contributed by atoms with Crippen molar-refractivity contribution < 1.29 is 14.9 Å². The molecule has 0 heterocycles. The number of methoxy groups -OCH3 is 1. The van der Waals surface area contributed by atoms with Crippen molar-refractivity contribution in [2.24, 2.45) is 5.73 Å². The third-order valence-electron chi connectivity index (χ3n) is 2.25. The van der Waals surface area contributed by atoms with Crippen LogP contribution in [0.3, 0.4) is 0 Å². The Labute approximate surface area is 89.3 Å². The zero-order valence-corrected chi connectivity index (χ0v) is 8.86. The van der Waals surface area contributed by atoms with E-state index in [9.17, 15) is 10.2 Å². The number of hydrogen-bond acceptors (Lipinski definition) is 4. The number of aromatic hydroxyl groups is 2. The summed E-state index contributed by atoms with van der Waals surface area (Å²) in [7, 11) is 1.46. The highest BCUT2D eigenvalue weighted by Gasteiger charge is 2.09. The van der Waals surface area contributed by atoms with E-state index in [1.165, 1.54) is 7.11 Å². The summed E-state index contributed by atoms with van der Waals surface area (Å²) >= 11 is 0. The second-order valence-corrected chi connectivity index (χ2v) is 3.41. The van der Waals surface area contributed by atoms with E-state index in [4.69, 9.17) is 10.5 Å². The lowest BCUT2D eigenvalue weighted by Gasteiger charge is -2.08. The molecular weight excluding hydrogens is 194 g/mol.